The van der Waals surface area contributed by atoms with Crippen LogP contribution in [0.1, 0.15) is 33.3 Å². The summed E-state index contributed by atoms with van der Waals surface area (Å²) < 4.78 is 27.3. The molecule has 0 aliphatic rings. The first-order chi connectivity index (χ1) is 9.77. The van der Waals surface area contributed by atoms with Gasteiger partial charge in [0.15, 0.2) is 0 Å². The lowest BCUT2D eigenvalue weighted by molar-refractivity contribution is 0.333. The summed E-state index contributed by atoms with van der Waals surface area (Å²) in [6.45, 7) is 9.94. The molecule has 1 N–H and O–H groups in total. The zero-order chi connectivity index (χ0) is 16.0. The van der Waals surface area contributed by atoms with E-state index in [2.05, 4.69) is 5.32 Å². The molecule has 120 valence electrons. The van der Waals surface area contributed by atoms with Crippen molar-refractivity contribution >= 4 is 10.0 Å². The van der Waals surface area contributed by atoms with Crippen molar-refractivity contribution in [1.82, 2.24) is 9.62 Å². The van der Waals surface area contributed by atoms with Crippen LogP contribution in [0, 0.1) is 11.8 Å². The Morgan fingerprint density at radius 2 is 1.67 bits per heavy atom. The monoisotopic (exact) mass is 312 g/mol. The van der Waals surface area contributed by atoms with Crippen LogP contribution in [0.2, 0.25) is 0 Å². The van der Waals surface area contributed by atoms with Gasteiger partial charge in [0.05, 0.1) is 4.90 Å². The van der Waals surface area contributed by atoms with Crippen molar-refractivity contribution in [2.24, 2.45) is 11.8 Å². The van der Waals surface area contributed by atoms with Crippen LogP contribution in [-0.2, 0) is 16.6 Å². The van der Waals surface area contributed by atoms with Crippen LogP contribution in [0.3, 0.4) is 0 Å². The maximum Gasteiger partial charge on any atom is 0.243 e. The van der Waals surface area contributed by atoms with Crippen LogP contribution in [0.5, 0.6) is 0 Å². The van der Waals surface area contributed by atoms with Crippen LogP contribution in [0.15, 0.2) is 29.2 Å². The molecule has 0 aliphatic heterocycles. The van der Waals surface area contributed by atoms with E-state index in [9.17, 15) is 8.42 Å². The molecule has 0 saturated carbocycles. The Balaban J connectivity index is 3.12. The number of hydrogen-bond acceptors (Lipinski definition) is 3. The lowest BCUT2D eigenvalue weighted by Gasteiger charge is -2.25. The van der Waals surface area contributed by atoms with E-state index in [1.807, 2.05) is 46.9 Å². The van der Waals surface area contributed by atoms with Crippen LogP contribution in [0.25, 0.3) is 0 Å². The maximum absolute atomic E-state index is 12.9. The minimum atomic E-state index is -3.43. The third kappa shape index (κ3) is 5.41. The van der Waals surface area contributed by atoms with Crippen molar-refractivity contribution in [2.75, 3.05) is 20.1 Å². The fraction of sp³-hybridized carbons (Fsp3) is 0.625. The first-order valence-electron chi connectivity index (χ1n) is 7.51. The summed E-state index contributed by atoms with van der Waals surface area (Å²) in [5.74, 6) is 0.609. The second-order valence-corrected chi connectivity index (χ2v) is 8.23. The molecule has 4 nitrogen and oxygen atoms in total. The van der Waals surface area contributed by atoms with Crippen LogP contribution in [0.4, 0.5) is 0 Å². The van der Waals surface area contributed by atoms with E-state index in [0.29, 0.717) is 36.4 Å². The van der Waals surface area contributed by atoms with Crippen molar-refractivity contribution in [2.45, 2.75) is 39.1 Å². The van der Waals surface area contributed by atoms with Crippen molar-refractivity contribution in [3.05, 3.63) is 29.8 Å². The maximum atomic E-state index is 12.9. The van der Waals surface area contributed by atoms with E-state index in [-0.39, 0.29) is 0 Å². The molecule has 0 fully saturated rings. The number of sulfonamides is 1. The summed E-state index contributed by atoms with van der Waals surface area (Å²) in [5, 5.41) is 3.05. The van der Waals surface area contributed by atoms with Gasteiger partial charge in [0.1, 0.15) is 0 Å². The molecule has 1 aromatic carbocycles. The first-order valence-corrected chi connectivity index (χ1v) is 8.95. The highest BCUT2D eigenvalue weighted by atomic mass is 32.2. The smallest absolute Gasteiger partial charge is 0.243 e. The van der Waals surface area contributed by atoms with Gasteiger partial charge in [0.25, 0.3) is 0 Å². The van der Waals surface area contributed by atoms with Gasteiger partial charge in [-0.15, -0.1) is 0 Å². The van der Waals surface area contributed by atoms with E-state index in [1.54, 1.807) is 16.4 Å². The van der Waals surface area contributed by atoms with Crippen LogP contribution >= 0.6 is 0 Å². The highest BCUT2D eigenvalue weighted by Crippen LogP contribution is 2.20. The van der Waals surface area contributed by atoms with E-state index < -0.39 is 10.0 Å². The predicted molar refractivity (Wildman–Crippen MR) is 87.6 cm³/mol. The lowest BCUT2D eigenvalue weighted by Crippen LogP contribution is -2.37. The third-order valence-corrected chi connectivity index (χ3v) is 4.88. The van der Waals surface area contributed by atoms with Crippen LogP contribution < -0.4 is 5.32 Å². The molecular weight excluding hydrogens is 284 g/mol. The number of nitrogens with one attached hydrogen (secondary N) is 1. The van der Waals surface area contributed by atoms with E-state index >= 15 is 0 Å². The molecule has 5 heteroatoms. The minimum Gasteiger partial charge on any atom is -0.316 e. The Hall–Kier alpha value is -0.910. The Morgan fingerprint density at radius 1 is 1.10 bits per heavy atom. The van der Waals surface area contributed by atoms with Gasteiger partial charge in [0.2, 0.25) is 10.0 Å². The van der Waals surface area contributed by atoms with E-state index in [1.165, 1.54) is 0 Å². The van der Waals surface area contributed by atoms with Gasteiger partial charge in [-0.2, -0.15) is 4.31 Å². The lowest BCUT2D eigenvalue weighted by atomic mass is 10.2. The predicted octanol–water partition coefficient (Wildman–Crippen LogP) is 2.71. The average Bonchev–Trinajstić information content (AvgIpc) is 2.37. The molecule has 1 rings (SSSR count). The molecule has 0 bridgehead atoms. The topological polar surface area (TPSA) is 49.4 Å². The van der Waals surface area contributed by atoms with Crippen molar-refractivity contribution in [3.63, 3.8) is 0 Å². The zero-order valence-electron chi connectivity index (χ0n) is 13.8. The van der Waals surface area contributed by atoms with Gasteiger partial charge in [0, 0.05) is 19.6 Å². The highest BCUT2D eigenvalue weighted by molar-refractivity contribution is 7.89. The van der Waals surface area contributed by atoms with E-state index in [4.69, 9.17) is 0 Å². The quantitative estimate of drug-likeness (QED) is 0.803. The number of nitrogens with zero attached hydrogens (tertiary/aromatic N) is 1. The molecule has 0 unspecified atom stereocenters. The second-order valence-electron chi connectivity index (χ2n) is 6.29. The van der Waals surface area contributed by atoms with Crippen molar-refractivity contribution < 1.29 is 8.42 Å². The highest BCUT2D eigenvalue weighted by Gasteiger charge is 2.25. The second kappa shape index (κ2) is 7.92. The summed E-state index contributed by atoms with van der Waals surface area (Å²) in [4.78, 5) is 0.386. The largest absolute Gasteiger partial charge is 0.316 e. The van der Waals surface area contributed by atoms with Crippen molar-refractivity contribution in [1.29, 1.82) is 0 Å². The Morgan fingerprint density at radius 3 is 2.14 bits per heavy atom. The molecule has 0 amide bonds. The van der Waals surface area contributed by atoms with Gasteiger partial charge in [-0.25, -0.2) is 8.42 Å². The molecule has 0 saturated heterocycles. The minimum absolute atomic E-state index is 0.305. The SMILES string of the molecule is CNCc1cccc(S(=O)(=O)N(CC(C)C)CC(C)C)c1. The fourth-order valence-corrected chi connectivity index (χ4v) is 4.09. The van der Waals surface area contributed by atoms with Gasteiger partial charge in [-0.05, 0) is 36.6 Å². The third-order valence-electron chi connectivity index (χ3n) is 3.05. The Kier molecular flexibility index (Phi) is 6.84. The normalized spacial score (nSPS) is 12.6. The number of benzene rings is 1. The molecule has 0 heterocycles. The van der Waals surface area contributed by atoms with Gasteiger partial charge < -0.3 is 5.32 Å². The van der Waals surface area contributed by atoms with Gasteiger partial charge >= 0.3 is 0 Å². The standard InChI is InChI=1S/C16H28N2O2S/c1-13(2)11-18(12-14(3)4)21(19,20)16-8-6-7-15(9-16)10-17-5/h6-9,13-14,17H,10-12H2,1-5H3. The Labute approximate surface area is 129 Å². The number of rotatable bonds is 8. The molecular formula is C16H28N2O2S. The zero-order valence-corrected chi connectivity index (χ0v) is 14.6. The fourth-order valence-electron chi connectivity index (χ4n) is 2.25. The average molecular weight is 312 g/mol. The Bertz CT molecular complexity index is 529. The molecule has 0 aliphatic carbocycles. The molecule has 1 aromatic rings. The molecule has 0 radical (unpaired) electrons. The summed E-state index contributed by atoms with van der Waals surface area (Å²) in [5.41, 5.74) is 0.979. The summed E-state index contributed by atoms with van der Waals surface area (Å²) >= 11 is 0. The summed E-state index contributed by atoms with van der Waals surface area (Å²) in [6.07, 6.45) is 0. The number of hydrogen-bond donors (Lipinski definition) is 1. The molecule has 21 heavy (non-hydrogen) atoms. The first kappa shape index (κ1) is 18.1. The van der Waals surface area contributed by atoms with Crippen molar-refractivity contribution in [3.8, 4) is 0 Å². The van der Waals surface area contributed by atoms with Gasteiger partial charge in [-0.3, -0.25) is 0 Å². The van der Waals surface area contributed by atoms with E-state index in [0.717, 1.165) is 5.56 Å². The van der Waals surface area contributed by atoms with Gasteiger partial charge in [-0.1, -0.05) is 39.8 Å². The molecule has 0 aromatic heterocycles. The molecule has 0 atom stereocenters. The van der Waals surface area contributed by atoms with Crippen LogP contribution in [-0.4, -0.2) is 32.9 Å². The summed E-state index contributed by atoms with van der Waals surface area (Å²) in [6, 6.07) is 7.19. The molecule has 0 spiro atoms. The summed E-state index contributed by atoms with van der Waals surface area (Å²) in [7, 11) is -1.57.